The van der Waals surface area contributed by atoms with Gasteiger partial charge in [-0.2, -0.15) is 0 Å². The molecule has 1 fully saturated rings. The number of ether oxygens (including phenoxy) is 1. The first kappa shape index (κ1) is 14.3. The van der Waals surface area contributed by atoms with Crippen molar-refractivity contribution in [3.05, 3.63) is 5.82 Å². The molecular formula is C12H19N3O3S. The molecule has 1 N–H and O–H groups in total. The Bertz CT molecular complexity index is 430. The molecule has 0 bridgehead atoms. The molecule has 0 aromatic carbocycles. The Balaban J connectivity index is 2.15. The number of rotatable bonds is 6. The standard InChI is InChI=1S/C12H19N3O3S/c1-2-5-15-11(9-3-6-18-7-4-9)13-14-12(15)19-8-10(16)17/h9H,2-8H2,1H3,(H,16,17). The quantitative estimate of drug-likeness (QED) is 0.802. The van der Waals surface area contributed by atoms with Gasteiger partial charge in [-0.1, -0.05) is 18.7 Å². The summed E-state index contributed by atoms with van der Waals surface area (Å²) in [6, 6.07) is 0. The predicted molar refractivity (Wildman–Crippen MR) is 71.5 cm³/mol. The van der Waals surface area contributed by atoms with Crippen molar-refractivity contribution in [1.82, 2.24) is 14.8 Å². The van der Waals surface area contributed by atoms with Crippen molar-refractivity contribution in [2.45, 2.75) is 43.8 Å². The lowest BCUT2D eigenvalue weighted by atomic mass is 9.99. The molecule has 2 rings (SSSR count). The van der Waals surface area contributed by atoms with Gasteiger partial charge in [0.2, 0.25) is 0 Å². The molecule has 1 aromatic rings. The van der Waals surface area contributed by atoms with Gasteiger partial charge < -0.3 is 14.4 Å². The third-order valence-corrected chi connectivity index (χ3v) is 4.06. The van der Waals surface area contributed by atoms with Gasteiger partial charge in [0.25, 0.3) is 0 Å². The zero-order chi connectivity index (χ0) is 13.7. The van der Waals surface area contributed by atoms with Crippen LogP contribution in [0.1, 0.15) is 37.9 Å². The molecule has 0 unspecified atom stereocenters. The van der Waals surface area contributed by atoms with Gasteiger partial charge in [-0.05, 0) is 19.3 Å². The van der Waals surface area contributed by atoms with Gasteiger partial charge in [-0.25, -0.2) is 0 Å². The molecule has 2 heterocycles. The Morgan fingerprint density at radius 3 is 2.84 bits per heavy atom. The Hall–Kier alpha value is -1.08. The van der Waals surface area contributed by atoms with Crippen LogP contribution in [0.4, 0.5) is 0 Å². The van der Waals surface area contributed by atoms with Crippen LogP contribution in [0.3, 0.4) is 0 Å². The summed E-state index contributed by atoms with van der Waals surface area (Å²) in [5, 5.41) is 17.9. The van der Waals surface area contributed by atoms with Crippen molar-refractivity contribution in [1.29, 1.82) is 0 Å². The van der Waals surface area contributed by atoms with Gasteiger partial charge in [-0.15, -0.1) is 10.2 Å². The van der Waals surface area contributed by atoms with Crippen molar-refractivity contribution in [3.63, 3.8) is 0 Å². The van der Waals surface area contributed by atoms with Gasteiger partial charge in [0.1, 0.15) is 5.82 Å². The summed E-state index contributed by atoms with van der Waals surface area (Å²) < 4.78 is 7.44. The minimum absolute atomic E-state index is 0.0234. The number of hydrogen-bond acceptors (Lipinski definition) is 5. The fourth-order valence-electron chi connectivity index (χ4n) is 2.22. The highest BCUT2D eigenvalue weighted by Crippen LogP contribution is 2.28. The van der Waals surface area contributed by atoms with Crippen molar-refractivity contribution < 1.29 is 14.6 Å². The van der Waals surface area contributed by atoms with Crippen LogP contribution in [0.15, 0.2) is 5.16 Å². The van der Waals surface area contributed by atoms with Crippen molar-refractivity contribution in [3.8, 4) is 0 Å². The third kappa shape index (κ3) is 3.70. The van der Waals surface area contributed by atoms with Crippen LogP contribution in [-0.4, -0.2) is 44.8 Å². The van der Waals surface area contributed by atoms with E-state index in [0.29, 0.717) is 11.1 Å². The number of carbonyl (C=O) groups is 1. The average molecular weight is 285 g/mol. The van der Waals surface area contributed by atoms with E-state index in [4.69, 9.17) is 9.84 Å². The lowest BCUT2D eigenvalue weighted by Gasteiger charge is -2.22. The number of hydrogen-bond donors (Lipinski definition) is 1. The first-order valence-corrected chi connectivity index (χ1v) is 7.56. The van der Waals surface area contributed by atoms with Crippen molar-refractivity contribution in [2.24, 2.45) is 0 Å². The molecule has 0 atom stereocenters. The van der Waals surface area contributed by atoms with E-state index >= 15 is 0 Å². The monoisotopic (exact) mass is 285 g/mol. The maximum absolute atomic E-state index is 10.7. The molecule has 19 heavy (non-hydrogen) atoms. The smallest absolute Gasteiger partial charge is 0.313 e. The number of aromatic nitrogens is 3. The van der Waals surface area contributed by atoms with Crippen LogP contribution in [0, 0.1) is 0 Å². The van der Waals surface area contributed by atoms with Crippen LogP contribution in [0.5, 0.6) is 0 Å². The Morgan fingerprint density at radius 1 is 1.47 bits per heavy atom. The van der Waals surface area contributed by atoms with Crippen LogP contribution >= 0.6 is 11.8 Å². The number of carboxylic acid groups (broad SMARTS) is 1. The summed E-state index contributed by atoms with van der Waals surface area (Å²) in [6.45, 7) is 4.46. The molecule has 0 radical (unpaired) electrons. The highest BCUT2D eigenvalue weighted by Gasteiger charge is 2.23. The molecule has 0 spiro atoms. The molecule has 1 aliphatic rings. The molecule has 1 aromatic heterocycles. The number of aliphatic carboxylic acids is 1. The number of nitrogens with zero attached hydrogens (tertiary/aromatic N) is 3. The van der Waals surface area contributed by atoms with Gasteiger partial charge in [0.15, 0.2) is 5.16 Å². The molecule has 1 saturated heterocycles. The van der Waals surface area contributed by atoms with E-state index < -0.39 is 5.97 Å². The van der Waals surface area contributed by atoms with E-state index in [-0.39, 0.29) is 5.75 Å². The summed E-state index contributed by atoms with van der Waals surface area (Å²) in [7, 11) is 0. The van der Waals surface area contributed by atoms with Gasteiger partial charge in [0.05, 0.1) is 5.75 Å². The number of carboxylic acids is 1. The van der Waals surface area contributed by atoms with Crippen molar-refractivity contribution >= 4 is 17.7 Å². The largest absolute Gasteiger partial charge is 0.481 e. The second-order valence-corrected chi connectivity index (χ2v) is 5.50. The third-order valence-electron chi connectivity index (χ3n) is 3.10. The van der Waals surface area contributed by atoms with E-state index in [2.05, 4.69) is 21.7 Å². The zero-order valence-electron chi connectivity index (χ0n) is 11.0. The minimum atomic E-state index is -0.830. The van der Waals surface area contributed by atoms with E-state index in [1.54, 1.807) is 0 Å². The summed E-state index contributed by atoms with van der Waals surface area (Å²) in [5.74, 6) is 0.559. The molecule has 106 valence electrons. The van der Waals surface area contributed by atoms with Gasteiger partial charge in [-0.3, -0.25) is 4.79 Å². The zero-order valence-corrected chi connectivity index (χ0v) is 11.9. The molecular weight excluding hydrogens is 266 g/mol. The van der Waals surface area contributed by atoms with E-state index in [1.165, 1.54) is 11.8 Å². The Morgan fingerprint density at radius 2 is 2.21 bits per heavy atom. The normalized spacial score (nSPS) is 16.7. The molecule has 1 aliphatic heterocycles. The maximum Gasteiger partial charge on any atom is 0.313 e. The van der Waals surface area contributed by atoms with Gasteiger partial charge in [0, 0.05) is 25.7 Å². The fourth-order valence-corrected chi connectivity index (χ4v) is 2.92. The molecule has 6 nitrogen and oxygen atoms in total. The minimum Gasteiger partial charge on any atom is -0.481 e. The van der Waals surface area contributed by atoms with E-state index in [0.717, 1.165) is 44.8 Å². The molecule has 7 heteroatoms. The highest BCUT2D eigenvalue weighted by atomic mass is 32.2. The van der Waals surface area contributed by atoms with Crippen molar-refractivity contribution in [2.75, 3.05) is 19.0 Å². The maximum atomic E-state index is 10.7. The SMILES string of the molecule is CCCn1c(SCC(=O)O)nnc1C1CCOCC1. The summed E-state index contributed by atoms with van der Waals surface area (Å²) in [4.78, 5) is 10.7. The summed E-state index contributed by atoms with van der Waals surface area (Å²) >= 11 is 1.24. The molecule has 0 aliphatic carbocycles. The second kappa shape index (κ2) is 6.91. The summed E-state index contributed by atoms with van der Waals surface area (Å²) in [5.41, 5.74) is 0. The lowest BCUT2D eigenvalue weighted by Crippen LogP contribution is -2.18. The lowest BCUT2D eigenvalue weighted by molar-refractivity contribution is -0.133. The Kier molecular flexibility index (Phi) is 5.21. The first-order chi connectivity index (χ1) is 9.22. The second-order valence-electron chi connectivity index (χ2n) is 4.56. The molecule has 0 saturated carbocycles. The number of thioether (sulfide) groups is 1. The van der Waals surface area contributed by atoms with E-state index in [1.807, 2.05) is 0 Å². The highest BCUT2D eigenvalue weighted by molar-refractivity contribution is 7.99. The van der Waals surface area contributed by atoms with Crippen LogP contribution in [0.25, 0.3) is 0 Å². The predicted octanol–water partition coefficient (Wildman–Crippen LogP) is 1.76. The Labute approximate surface area is 116 Å². The molecule has 0 amide bonds. The van der Waals surface area contributed by atoms with E-state index in [9.17, 15) is 4.79 Å². The van der Waals surface area contributed by atoms with Crippen LogP contribution < -0.4 is 0 Å². The first-order valence-electron chi connectivity index (χ1n) is 6.57. The van der Waals surface area contributed by atoms with Gasteiger partial charge >= 0.3 is 5.97 Å². The topological polar surface area (TPSA) is 77.2 Å². The fraction of sp³-hybridized carbons (Fsp3) is 0.750. The average Bonchev–Trinajstić information content (AvgIpc) is 2.81. The van der Waals surface area contributed by atoms with Crippen LogP contribution in [-0.2, 0) is 16.1 Å². The van der Waals surface area contributed by atoms with Crippen LogP contribution in [0.2, 0.25) is 0 Å². The summed E-state index contributed by atoms with van der Waals surface area (Å²) in [6.07, 6.45) is 2.91.